The third kappa shape index (κ3) is 3.88. The minimum Gasteiger partial charge on any atom is -0.373 e. The molecule has 1 aliphatic heterocycles. The summed E-state index contributed by atoms with van der Waals surface area (Å²) in [4.78, 5) is 0. The molecule has 1 nitrogen and oxygen atoms in total. The van der Waals surface area contributed by atoms with Gasteiger partial charge in [0.05, 0.1) is 12.7 Å². The van der Waals surface area contributed by atoms with Gasteiger partial charge in [0.2, 0.25) is 0 Å². The molecule has 0 aromatic rings. The van der Waals surface area contributed by atoms with Crippen LogP contribution in [0.15, 0.2) is 12.7 Å². The zero-order valence-electron chi connectivity index (χ0n) is 3.68. The Balaban J connectivity index is 0. The number of epoxide rings is 1. The highest BCUT2D eigenvalue weighted by molar-refractivity contribution is 4.79. The second-order valence-corrected chi connectivity index (χ2v) is 1.48. The van der Waals surface area contributed by atoms with E-state index in [2.05, 4.69) is 6.58 Å². The summed E-state index contributed by atoms with van der Waals surface area (Å²) in [7, 11) is 0. The normalized spacial score (nSPS) is 22.2. The van der Waals surface area contributed by atoms with E-state index in [0.717, 1.165) is 13.0 Å². The first-order valence-corrected chi connectivity index (χ1v) is 2.16. The van der Waals surface area contributed by atoms with E-state index >= 15 is 0 Å². The van der Waals surface area contributed by atoms with E-state index in [1.54, 1.807) is 0 Å². The second kappa shape index (κ2) is 4.85. The van der Waals surface area contributed by atoms with Gasteiger partial charge >= 0.3 is 0 Å². The van der Waals surface area contributed by atoms with Gasteiger partial charge in [-0.15, -0.1) is 6.58 Å². The van der Waals surface area contributed by atoms with Crippen molar-refractivity contribution in [1.82, 2.24) is 0 Å². The van der Waals surface area contributed by atoms with Gasteiger partial charge in [-0.05, 0) is 6.42 Å². The van der Waals surface area contributed by atoms with Crippen LogP contribution in [0.1, 0.15) is 21.3 Å². The Bertz CT molecular complexity index is 55.4. The van der Waals surface area contributed by atoms with Gasteiger partial charge in [0.1, 0.15) is 0 Å². The number of hydrogen-bond acceptors (Lipinski definition) is 1. The first kappa shape index (κ1) is 10.6. The molecule has 0 aromatic carbocycles. The molecule has 0 N–H and O–H groups in total. The van der Waals surface area contributed by atoms with Crippen molar-refractivity contribution in [3.05, 3.63) is 12.7 Å². The van der Waals surface area contributed by atoms with Gasteiger partial charge in [0.25, 0.3) is 0 Å². The van der Waals surface area contributed by atoms with E-state index in [0.29, 0.717) is 6.10 Å². The maximum atomic E-state index is 4.88. The predicted molar refractivity (Wildman–Crippen MR) is 38.0 cm³/mol. The fourth-order valence-electron chi connectivity index (χ4n) is 0.390. The highest BCUT2D eigenvalue weighted by Gasteiger charge is 2.19. The SMILES string of the molecule is C.C.C=CCC1CO1. The zero-order valence-corrected chi connectivity index (χ0v) is 3.68. The maximum absolute atomic E-state index is 4.88. The number of rotatable bonds is 2. The predicted octanol–water partition coefficient (Wildman–Crippen LogP) is 2.23. The van der Waals surface area contributed by atoms with Crippen LogP contribution in [0.2, 0.25) is 0 Å². The molecule has 0 spiro atoms. The van der Waals surface area contributed by atoms with Gasteiger partial charge in [-0.25, -0.2) is 0 Å². The van der Waals surface area contributed by atoms with Crippen LogP contribution in [0.4, 0.5) is 0 Å². The summed E-state index contributed by atoms with van der Waals surface area (Å²) in [5.74, 6) is 0. The van der Waals surface area contributed by atoms with Crippen LogP contribution in [-0.4, -0.2) is 12.7 Å². The Morgan fingerprint density at radius 3 is 2.25 bits per heavy atom. The molecule has 1 aliphatic rings. The Labute approximate surface area is 52.4 Å². The summed E-state index contributed by atoms with van der Waals surface area (Å²) >= 11 is 0. The largest absolute Gasteiger partial charge is 0.373 e. The molecule has 1 heteroatoms. The molecule has 0 aliphatic carbocycles. The maximum Gasteiger partial charge on any atom is 0.0844 e. The average Bonchev–Trinajstić information content (AvgIpc) is 2.21. The molecule has 0 bridgehead atoms. The van der Waals surface area contributed by atoms with Gasteiger partial charge in [-0.2, -0.15) is 0 Å². The molecule has 50 valence electrons. The molecule has 8 heavy (non-hydrogen) atoms. The van der Waals surface area contributed by atoms with E-state index in [1.807, 2.05) is 6.08 Å². The molecule has 0 amide bonds. The molecule has 1 heterocycles. The van der Waals surface area contributed by atoms with Gasteiger partial charge in [-0.3, -0.25) is 0 Å². The van der Waals surface area contributed by atoms with Crippen molar-refractivity contribution in [3.63, 3.8) is 0 Å². The highest BCUT2D eigenvalue weighted by atomic mass is 16.6. The Hall–Kier alpha value is -0.300. The summed E-state index contributed by atoms with van der Waals surface area (Å²) in [5.41, 5.74) is 0. The third-order valence-electron chi connectivity index (χ3n) is 0.832. The summed E-state index contributed by atoms with van der Waals surface area (Å²) < 4.78 is 4.88. The molecule has 1 fully saturated rings. The summed E-state index contributed by atoms with van der Waals surface area (Å²) in [6, 6.07) is 0. The average molecular weight is 116 g/mol. The molecule has 0 radical (unpaired) electrons. The van der Waals surface area contributed by atoms with Crippen LogP contribution in [0.3, 0.4) is 0 Å². The van der Waals surface area contributed by atoms with Gasteiger partial charge in [-0.1, -0.05) is 20.9 Å². The fourth-order valence-corrected chi connectivity index (χ4v) is 0.390. The molecule has 0 aromatic heterocycles. The quantitative estimate of drug-likeness (QED) is 0.398. The lowest BCUT2D eigenvalue weighted by molar-refractivity contribution is 0.410. The van der Waals surface area contributed by atoms with Crippen molar-refractivity contribution in [1.29, 1.82) is 0 Å². The first-order valence-electron chi connectivity index (χ1n) is 2.16. The smallest absolute Gasteiger partial charge is 0.0844 e. The van der Waals surface area contributed by atoms with E-state index in [1.165, 1.54) is 0 Å². The fraction of sp³-hybridized carbons (Fsp3) is 0.714. The monoisotopic (exact) mass is 116 g/mol. The number of hydrogen-bond donors (Lipinski definition) is 0. The minimum atomic E-state index is 0. The van der Waals surface area contributed by atoms with Crippen molar-refractivity contribution >= 4 is 0 Å². The van der Waals surface area contributed by atoms with E-state index < -0.39 is 0 Å². The molecular formula is C7H16O. The van der Waals surface area contributed by atoms with Crippen LogP contribution >= 0.6 is 0 Å². The Morgan fingerprint density at radius 1 is 1.62 bits per heavy atom. The topological polar surface area (TPSA) is 12.5 Å². The van der Waals surface area contributed by atoms with E-state index in [9.17, 15) is 0 Å². The zero-order chi connectivity index (χ0) is 4.41. The number of ether oxygens (including phenoxy) is 1. The van der Waals surface area contributed by atoms with Crippen LogP contribution in [0, 0.1) is 0 Å². The van der Waals surface area contributed by atoms with Crippen LogP contribution in [0.25, 0.3) is 0 Å². The summed E-state index contributed by atoms with van der Waals surface area (Å²) in [5, 5.41) is 0. The summed E-state index contributed by atoms with van der Waals surface area (Å²) in [6.45, 7) is 4.51. The lowest BCUT2D eigenvalue weighted by Crippen LogP contribution is -1.75. The van der Waals surface area contributed by atoms with E-state index in [4.69, 9.17) is 4.74 Å². The van der Waals surface area contributed by atoms with Crippen molar-refractivity contribution in [2.24, 2.45) is 0 Å². The van der Waals surface area contributed by atoms with Crippen molar-refractivity contribution < 1.29 is 4.74 Å². The minimum absolute atomic E-state index is 0. The second-order valence-electron chi connectivity index (χ2n) is 1.48. The van der Waals surface area contributed by atoms with Crippen LogP contribution in [-0.2, 0) is 4.74 Å². The molecular weight excluding hydrogens is 100 g/mol. The van der Waals surface area contributed by atoms with Gasteiger partial charge in [0.15, 0.2) is 0 Å². The molecule has 1 unspecified atom stereocenters. The van der Waals surface area contributed by atoms with Gasteiger partial charge in [0, 0.05) is 0 Å². The Kier molecular flexibility index (Phi) is 6.45. The van der Waals surface area contributed by atoms with Crippen LogP contribution < -0.4 is 0 Å². The van der Waals surface area contributed by atoms with E-state index in [-0.39, 0.29) is 14.9 Å². The Morgan fingerprint density at radius 2 is 2.12 bits per heavy atom. The third-order valence-corrected chi connectivity index (χ3v) is 0.832. The highest BCUT2D eigenvalue weighted by Crippen LogP contribution is 2.12. The molecule has 1 rings (SSSR count). The molecule has 1 saturated heterocycles. The molecule has 1 atom stereocenters. The lowest BCUT2D eigenvalue weighted by atomic mass is 10.3. The van der Waals surface area contributed by atoms with Crippen molar-refractivity contribution in [3.8, 4) is 0 Å². The first-order chi connectivity index (χ1) is 2.93. The summed E-state index contributed by atoms with van der Waals surface area (Å²) in [6.07, 6.45) is 3.44. The molecule has 0 saturated carbocycles. The lowest BCUT2D eigenvalue weighted by Gasteiger charge is -1.73. The van der Waals surface area contributed by atoms with Crippen LogP contribution in [0.5, 0.6) is 0 Å². The van der Waals surface area contributed by atoms with Gasteiger partial charge < -0.3 is 4.74 Å². The van der Waals surface area contributed by atoms with Crippen molar-refractivity contribution in [2.45, 2.75) is 27.4 Å². The standard InChI is InChI=1S/C5H8O.2CH4/c1-2-3-5-4-6-5;;/h2,5H,1,3-4H2;2*1H4. The van der Waals surface area contributed by atoms with Crippen molar-refractivity contribution in [2.75, 3.05) is 6.61 Å².